The zero-order valence-corrected chi connectivity index (χ0v) is 11.9. The van der Waals surface area contributed by atoms with Crippen LogP contribution in [0.25, 0.3) is 0 Å². The molecule has 0 bridgehead atoms. The fraction of sp³-hybridized carbons (Fsp3) is 0.200. The summed E-state index contributed by atoms with van der Waals surface area (Å²) in [6, 6.07) is 15.9. The molecule has 18 heavy (non-hydrogen) atoms. The van der Waals surface area contributed by atoms with Gasteiger partial charge in [-0.15, -0.1) is 0 Å². The maximum Gasteiger partial charge on any atom is 0.115 e. The predicted molar refractivity (Wildman–Crippen MR) is 81.9 cm³/mol. The van der Waals surface area contributed by atoms with Crippen LogP contribution in [0.3, 0.4) is 0 Å². The van der Waals surface area contributed by atoms with Crippen molar-refractivity contribution in [2.24, 2.45) is 0 Å². The molecule has 0 amide bonds. The lowest BCUT2D eigenvalue weighted by molar-refractivity contribution is 0.475. The van der Waals surface area contributed by atoms with E-state index in [0.717, 1.165) is 11.5 Å². The van der Waals surface area contributed by atoms with Crippen LogP contribution in [0.5, 0.6) is 5.75 Å². The number of phenols is 1. The normalized spacial score (nSPS) is 10.5. The van der Waals surface area contributed by atoms with Crippen molar-refractivity contribution in [2.45, 2.75) is 18.4 Å². The van der Waals surface area contributed by atoms with Crippen LogP contribution in [0.2, 0.25) is 0 Å². The van der Waals surface area contributed by atoms with E-state index >= 15 is 0 Å². The minimum atomic E-state index is 0.330. The number of aryl methyl sites for hydroxylation is 1. The third kappa shape index (κ3) is 4.00. The van der Waals surface area contributed by atoms with Crippen molar-refractivity contribution in [3.63, 3.8) is 0 Å². The van der Waals surface area contributed by atoms with Gasteiger partial charge >= 0.3 is 0 Å². The lowest BCUT2D eigenvalue weighted by Gasteiger charge is -2.05. The van der Waals surface area contributed by atoms with Crippen molar-refractivity contribution in [1.29, 1.82) is 0 Å². The van der Waals surface area contributed by atoms with Crippen LogP contribution >= 0.6 is 21.6 Å². The van der Waals surface area contributed by atoms with E-state index in [0.29, 0.717) is 5.75 Å². The predicted octanol–water partition coefficient (Wildman–Crippen LogP) is 4.78. The van der Waals surface area contributed by atoms with Gasteiger partial charge in [-0.05, 0) is 35.7 Å². The summed E-state index contributed by atoms with van der Waals surface area (Å²) in [5.74, 6) is 2.34. The van der Waals surface area contributed by atoms with Crippen LogP contribution in [0, 0.1) is 6.92 Å². The Balaban J connectivity index is 1.76. The molecule has 0 spiro atoms. The lowest BCUT2D eigenvalue weighted by atomic mass is 10.1. The van der Waals surface area contributed by atoms with Gasteiger partial charge in [-0.3, -0.25) is 0 Å². The lowest BCUT2D eigenvalue weighted by Crippen LogP contribution is -1.84. The fourth-order valence-electron chi connectivity index (χ4n) is 1.58. The molecule has 0 aliphatic carbocycles. The van der Waals surface area contributed by atoms with E-state index in [1.807, 2.05) is 33.7 Å². The van der Waals surface area contributed by atoms with Gasteiger partial charge in [-0.25, -0.2) is 0 Å². The highest BCUT2D eigenvalue weighted by molar-refractivity contribution is 8.76. The molecule has 1 nitrogen and oxygen atoms in total. The fourth-order valence-corrected chi connectivity index (χ4v) is 3.81. The number of hydrogen-bond acceptors (Lipinski definition) is 3. The zero-order valence-electron chi connectivity index (χ0n) is 10.3. The van der Waals surface area contributed by atoms with Crippen molar-refractivity contribution in [3.05, 3.63) is 65.2 Å². The summed E-state index contributed by atoms with van der Waals surface area (Å²) < 4.78 is 0. The minimum absolute atomic E-state index is 0.330. The van der Waals surface area contributed by atoms with Gasteiger partial charge in [0.05, 0.1) is 0 Å². The van der Waals surface area contributed by atoms with Gasteiger partial charge in [0.25, 0.3) is 0 Å². The highest BCUT2D eigenvalue weighted by atomic mass is 33.1. The Morgan fingerprint density at radius 1 is 0.889 bits per heavy atom. The first-order valence-electron chi connectivity index (χ1n) is 5.82. The van der Waals surface area contributed by atoms with Gasteiger partial charge in [0.15, 0.2) is 0 Å². The van der Waals surface area contributed by atoms with Gasteiger partial charge in [-0.2, -0.15) is 0 Å². The third-order valence-electron chi connectivity index (χ3n) is 2.72. The van der Waals surface area contributed by atoms with Gasteiger partial charge in [-0.1, -0.05) is 58.0 Å². The largest absolute Gasteiger partial charge is 0.508 e. The molecule has 0 unspecified atom stereocenters. The summed E-state index contributed by atoms with van der Waals surface area (Å²) in [4.78, 5) is 0. The van der Waals surface area contributed by atoms with Crippen molar-refractivity contribution in [3.8, 4) is 5.75 Å². The van der Waals surface area contributed by atoms with Crippen LogP contribution in [-0.2, 0) is 11.5 Å². The molecule has 0 aliphatic rings. The van der Waals surface area contributed by atoms with Gasteiger partial charge in [0, 0.05) is 11.5 Å². The molecule has 0 saturated heterocycles. The van der Waals surface area contributed by atoms with E-state index < -0.39 is 0 Å². The first-order valence-corrected chi connectivity index (χ1v) is 8.31. The Hall–Kier alpha value is -1.06. The summed E-state index contributed by atoms with van der Waals surface area (Å²) in [6.07, 6.45) is 0. The molecule has 0 aromatic heterocycles. The highest BCUT2D eigenvalue weighted by Gasteiger charge is 1.99. The molecular weight excluding hydrogens is 260 g/mol. The molecule has 2 rings (SSSR count). The molecular formula is C15H16OS2. The summed E-state index contributed by atoms with van der Waals surface area (Å²) in [6.45, 7) is 2.15. The second-order valence-corrected chi connectivity index (χ2v) is 6.58. The molecule has 2 aromatic rings. The Kier molecular flexibility index (Phi) is 5.02. The Morgan fingerprint density at radius 2 is 1.56 bits per heavy atom. The average Bonchev–Trinajstić information content (AvgIpc) is 2.39. The van der Waals surface area contributed by atoms with Crippen molar-refractivity contribution in [1.82, 2.24) is 0 Å². The van der Waals surface area contributed by atoms with Crippen LogP contribution < -0.4 is 0 Å². The number of rotatable bonds is 5. The molecule has 1 N–H and O–H groups in total. The van der Waals surface area contributed by atoms with E-state index in [1.165, 1.54) is 16.7 Å². The summed E-state index contributed by atoms with van der Waals surface area (Å²) in [7, 11) is 3.72. The van der Waals surface area contributed by atoms with E-state index in [1.54, 1.807) is 12.1 Å². The van der Waals surface area contributed by atoms with E-state index in [2.05, 4.69) is 31.2 Å². The standard InChI is InChI=1S/C15H16OS2/c1-12-4-2-3-5-14(12)11-18-17-10-13-6-8-15(16)9-7-13/h2-9,16H,10-11H2,1H3. The summed E-state index contributed by atoms with van der Waals surface area (Å²) in [5.41, 5.74) is 4.01. The molecule has 0 heterocycles. The van der Waals surface area contributed by atoms with Crippen LogP contribution in [0.15, 0.2) is 48.5 Å². The smallest absolute Gasteiger partial charge is 0.115 e. The molecule has 0 atom stereocenters. The zero-order chi connectivity index (χ0) is 12.8. The number of hydrogen-bond donors (Lipinski definition) is 1. The number of benzene rings is 2. The van der Waals surface area contributed by atoms with Crippen molar-refractivity contribution >= 4 is 21.6 Å². The average molecular weight is 276 g/mol. The van der Waals surface area contributed by atoms with Crippen LogP contribution in [0.4, 0.5) is 0 Å². The van der Waals surface area contributed by atoms with E-state index in [4.69, 9.17) is 0 Å². The third-order valence-corrected chi connectivity index (χ3v) is 4.97. The first kappa shape index (κ1) is 13.4. The van der Waals surface area contributed by atoms with Gasteiger partial charge < -0.3 is 5.11 Å². The summed E-state index contributed by atoms with van der Waals surface area (Å²) >= 11 is 0. The minimum Gasteiger partial charge on any atom is -0.508 e. The molecule has 2 aromatic carbocycles. The number of aromatic hydroxyl groups is 1. The molecule has 3 heteroatoms. The van der Waals surface area contributed by atoms with Crippen molar-refractivity contribution < 1.29 is 5.11 Å². The molecule has 0 aliphatic heterocycles. The van der Waals surface area contributed by atoms with Crippen LogP contribution in [-0.4, -0.2) is 5.11 Å². The molecule has 0 saturated carbocycles. The molecule has 94 valence electrons. The highest BCUT2D eigenvalue weighted by Crippen LogP contribution is 2.30. The summed E-state index contributed by atoms with van der Waals surface area (Å²) in [5, 5.41) is 9.20. The molecule has 0 fully saturated rings. The van der Waals surface area contributed by atoms with E-state index in [-0.39, 0.29) is 0 Å². The Morgan fingerprint density at radius 3 is 2.28 bits per heavy atom. The Bertz CT molecular complexity index is 494. The Labute approximate surface area is 116 Å². The molecule has 0 radical (unpaired) electrons. The maximum absolute atomic E-state index is 9.20. The van der Waals surface area contributed by atoms with Crippen molar-refractivity contribution in [2.75, 3.05) is 0 Å². The topological polar surface area (TPSA) is 20.2 Å². The van der Waals surface area contributed by atoms with E-state index in [9.17, 15) is 5.11 Å². The van der Waals surface area contributed by atoms with Gasteiger partial charge in [0.1, 0.15) is 5.75 Å². The monoisotopic (exact) mass is 276 g/mol. The SMILES string of the molecule is Cc1ccccc1CSSCc1ccc(O)cc1. The quantitative estimate of drug-likeness (QED) is 0.627. The van der Waals surface area contributed by atoms with Crippen LogP contribution in [0.1, 0.15) is 16.7 Å². The maximum atomic E-state index is 9.20. The van der Waals surface area contributed by atoms with Gasteiger partial charge in [0.2, 0.25) is 0 Å². The second kappa shape index (κ2) is 6.76. The second-order valence-electron chi connectivity index (χ2n) is 4.12. The number of phenolic OH excluding ortho intramolecular Hbond substituents is 1. The first-order chi connectivity index (χ1) is 8.75.